The van der Waals surface area contributed by atoms with Crippen LogP contribution in [0.3, 0.4) is 0 Å². The van der Waals surface area contributed by atoms with Gasteiger partial charge in [-0.1, -0.05) is 72.8 Å². The molecule has 1 amide bonds. The molecular formula is C23H26N2O3. The number of nitrogens with two attached hydrogens (primary N) is 1. The van der Waals surface area contributed by atoms with E-state index >= 15 is 0 Å². The molecule has 0 unspecified atom stereocenters. The largest absolute Gasteiger partial charge is 0.443 e. The molecule has 0 heterocycles. The number of hydrogen-bond donors (Lipinski definition) is 3. The number of aliphatic hydroxyl groups is 1. The molecule has 3 atom stereocenters. The zero-order chi connectivity index (χ0) is 19.9. The average Bonchev–Trinajstić information content (AvgIpc) is 2.71. The molecule has 0 aliphatic heterocycles. The summed E-state index contributed by atoms with van der Waals surface area (Å²) in [5.74, 6) is 0. The summed E-state index contributed by atoms with van der Waals surface area (Å²) in [6, 6.07) is 24.0. The highest BCUT2D eigenvalue weighted by Crippen LogP contribution is 2.24. The highest BCUT2D eigenvalue weighted by molar-refractivity contribution is 5.86. The van der Waals surface area contributed by atoms with E-state index < -0.39 is 18.3 Å². The average molecular weight is 378 g/mol. The zero-order valence-corrected chi connectivity index (χ0v) is 15.9. The van der Waals surface area contributed by atoms with Crippen molar-refractivity contribution in [2.75, 3.05) is 6.54 Å². The van der Waals surface area contributed by atoms with E-state index in [2.05, 4.69) is 36.5 Å². The third kappa shape index (κ3) is 5.09. The first-order chi connectivity index (χ1) is 13.5. The Hall–Kier alpha value is -2.89. The van der Waals surface area contributed by atoms with Crippen LogP contribution in [0.15, 0.2) is 72.8 Å². The van der Waals surface area contributed by atoms with Gasteiger partial charge in [-0.15, -0.1) is 0 Å². The van der Waals surface area contributed by atoms with Gasteiger partial charge in [0.1, 0.15) is 12.2 Å². The molecule has 0 aliphatic carbocycles. The normalized spacial score (nSPS) is 14.4. The lowest BCUT2D eigenvalue weighted by Gasteiger charge is -2.25. The predicted molar refractivity (Wildman–Crippen MR) is 111 cm³/mol. The highest BCUT2D eigenvalue weighted by atomic mass is 16.6. The Balaban J connectivity index is 1.67. The Morgan fingerprint density at radius 2 is 1.71 bits per heavy atom. The fourth-order valence-corrected chi connectivity index (χ4v) is 3.42. The summed E-state index contributed by atoms with van der Waals surface area (Å²) in [7, 11) is 0. The van der Waals surface area contributed by atoms with Crippen molar-refractivity contribution in [2.45, 2.75) is 31.6 Å². The number of benzene rings is 3. The number of carbonyl (C=O) groups is 1. The minimum Gasteiger partial charge on any atom is -0.443 e. The standard InChI is InChI=1S/C23H26N2O3/c1-16(19-13-7-11-18-10-5-6-12-20(18)19)25-15-21(26)22(28-23(24)27)14-17-8-3-2-4-9-17/h2-13,16,21-22,25-26H,14-15H2,1H3,(H2,24,27)/t16-,21+,22-/m0/s1. The lowest BCUT2D eigenvalue weighted by Crippen LogP contribution is -2.42. The Morgan fingerprint density at radius 3 is 2.46 bits per heavy atom. The van der Waals surface area contributed by atoms with Crippen molar-refractivity contribution in [3.63, 3.8) is 0 Å². The summed E-state index contributed by atoms with van der Waals surface area (Å²) in [5.41, 5.74) is 7.32. The van der Waals surface area contributed by atoms with E-state index in [9.17, 15) is 9.90 Å². The summed E-state index contributed by atoms with van der Waals surface area (Å²) in [6.07, 6.45) is -2.09. The third-order valence-electron chi connectivity index (χ3n) is 4.90. The molecule has 3 aromatic carbocycles. The molecule has 0 radical (unpaired) electrons. The van der Waals surface area contributed by atoms with Crippen LogP contribution in [0.2, 0.25) is 0 Å². The molecule has 0 spiro atoms. The molecule has 0 fully saturated rings. The van der Waals surface area contributed by atoms with Crippen LogP contribution in [0.4, 0.5) is 4.79 Å². The Bertz CT molecular complexity index is 909. The van der Waals surface area contributed by atoms with Crippen molar-refractivity contribution in [2.24, 2.45) is 5.73 Å². The van der Waals surface area contributed by atoms with Gasteiger partial charge in [0, 0.05) is 19.0 Å². The SMILES string of the molecule is C[C@H](NC[C@@H](O)[C@H](Cc1ccccc1)OC(N)=O)c1cccc2ccccc12. The number of carbonyl (C=O) groups excluding carboxylic acids is 1. The molecule has 28 heavy (non-hydrogen) atoms. The van der Waals surface area contributed by atoms with Gasteiger partial charge in [0.2, 0.25) is 0 Å². The number of nitrogens with one attached hydrogen (secondary N) is 1. The summed E-state index contributed by atoms with van der Waals surface area (Å²) >= 11 is 0. The van der Waals surface area contributed by atoms with Gasteiger partial charge in [-0.05, 0) is 28.8 Å². The number of ether oxygens (including phenoxy) is 1. The predicted octanol–water partition coefficient (Wildman–Crippen LogP) is 3.56. The van der Waals surface area contributed by atoms with Gasteiger partial charge >= 0.3 is 6.09 Å². The molecule has 0 saturated carbocycles. The molecule has 0 aliphatic rings. The van der Waals surface area contributed by atoms with E-state index in [1.807, 2.05) is 48.5 Å². The number of hydrogen-bond acceptors (Lipinski definition) is 4. The smallest absolute Gasteiger partial charge is 0.404 e. The van der Waals surface area contributed by atoms with Gasteiger partial charge in [-0.2, -0.15) is 0 Å². The maximum absolute atomic E-state index is 11.3. The first-order valence-electron chi connectivity index (χ1n) is 9.43. The first kappa shape index (κ1) is 19.9. The van der Waals surface area contributed by atoms with Crippen LogP contribution >= 0.6 is 0 Å². The summed E-state index contributed by atoms with van der Waals surface area (Å²) in [6.45, 7) is 2.32. The second-order valence-corrected chi connectivity index (χ2v) is 6.93. The van der Waals surface area contributed by atoms with E-state index in [0.717, 1.165) is 11.1 Å². The van der Waals surface area contributed by atoms with Gasteiger partial charge in [-0.25, -0.2) is 4.79 Å². The number of rotatable bonds is 8. The van der Waals surface area contributed by atoms with Gasteiger partial charge in [0.15, 0.2) is 0 Å². The van der Waals surface area contributed by atoms with E-state index in [0.29, 0.717) is 6.42 Å². The minimum atomic E-state index is -0.887. The quantitative estimate of drug-likeness (QED) is 0.560. The van der Waals surface area contributed by atoms with Crippen LogP contribution in [0.5, 0.6) is 0 Å². The van der Waals surface area contributed by atoms with Crippen molar-refractivity contribution in [3.05, 3.63) is 83.9 Å². The monoisotopic (exact) mass is 378 g/mol. The second-order valence-electron chi connectivity index (χ2n) is 6.93. The Kier molecular flexibility index (Phi) is 6.63. The van der Waals surface area contributed by atoms with Crippen molar-refractivity contribution in [1.82, 2.24) is 5.32 Å². The fourth-order valence-electron chi connectivity index (χ4n) is 3.42. The summed E-state index contributed by atoms with van der Waals surface area (Å²) in [4.78, 5) is 11.3. The topological polar surface area (TPSA) is 84.6 Å². The maximum atomic E-state index is 11.3. The van der Waals surface area contributed by atoms with Crippen LogP contribution in [-0.4, -0.2) is 30.0 Å². The van der Waals surface area contributed by atoms with Crippen LogP contribution < -0.4 is 11.1 Å². The van der Waals surface area contributed by atoms with E-state index in [-0.39, 0.29) is 12.6 Å². The summed E-state index contributed by atoms with van der Waals surface area (Å²) < 4.78 is 5.17. The van der Waals surface area contributed by atoms with Crippen molar-refractivity contribution in [3.8, 4) is 0 Å². The Labute approximate surface area is 165 Å². The lowest BCUT2D eigenvalue weighted by atomic mass is 9.99. The van der Waals surface area contributed by atoms with Crippen molar-refractivity contribution in [1.29, 1.82) is 0 Å². The first-order valence-corrected chi connectivity index (χ1v) is 9.43. The molecule has 146 valence electrons. The lowest BCUT2D eigenvalue weighted by molar-refractivity contribution is 0.00642. The van der Waals surface area contributed by atoms with Gasteiger partial charge < -0.3 is 20.9 Å². The molecule has 0 saturated heterocycles. The number of aliphatic hydroxyl groups excluding tert-OH is 1. The molecule has 0 bridgehead atoms. The van der Waals surface area contributed by atoms with Gasteiger partial charge in [0.25, 0.3) is 0 Å². The summed E-state index contributed by atoms with van der Waals surface area (Å²) in [5, 5.41) is 16.3. The Morgan fingerprint density at radius 1 is 1.04 bits per heavy atom. The van der Waals surface area contributed by atoms with Gasteiger partial charge in [0.05, 0.1) is 0 Å². The van der Waals surface area contributed by atoms with Crippen molar-refractivity contribution >= 4 is 16.9 Å². The van der Waals surface area contributed by atoms with E-state index in [4.69, 9.17) is 10.5 Å². The van der Waals surface area contributed by atoms with Crippen LogP contribution in [0.1, 0.15) is 24.1 Å². The van der Waals surface area contributed by atoms with E-state index in [1.54, 1.807) is 0 Å². The van der Waals surface area contributed by atoms with Crippen LogP contribution in [0.25, 0.3) is 10.8 Å². The van der Waals surface area contributed by atoms with E-state index in [1.165, 1.54) is 10.8 Å². The van der Waals surface area contributed by atoms with Crippen LogP contribution in [-0.2, 0) is 11.2 Å². The molecular weight excluding hydrogens is 352 g/mol. The van der Waals surface area contributed by atoms with Gasteiger partial charge in [-0.3, -0.25) is 0 Å². The maximum Gasteiger partial charge on any atom is 0.404 e. The molecule has 4 N–H and O–H groups in total. The number of fused-ring (bicyclic) bond motifs is 1. The third-order valence-corrected chi connectivity index (χ3v) is 4.90. The van der Waals surface area contributed by atoms with Crippen LogP contribution in [0, 0.1) is 0 Å². The second kappa shape index (κ2) is 9.35. The molecule has 3 rings (SSSR count). The number of primary amides is 1. The molecule has 5 heteroatoms. The minimum absolute atomic E-state index is 0.0201. The number of amides is 1. The molecule has 3 aromatic rings. The van der Waals surface area contributed by atoms with Crippen molar-refractivity contribution < 1.29 is 14.6 Å². The fraction of sp³-hybridized carbons (Fsp3) is 0.261. The highest BCUT2D eigenvalue weighted by Gasteiger charge is 2.24. The zero-order valence-electron chi connectivity index (χ0n) is 15.9. The molecule has 5 nitrogen and oxygen atoms in total. The molecule has 0 aromatic heterocycles.